The highest BCUT2D eigenvalue weighted by molar-refractivity contribution is 8.93. The maximum Gasteiger partial charge on any atom is 0.308 e. The molecular formula is C16H24BrNO5. The Morgan fingerprint density at radius 2 is 1.61 bits per heavy atom. The van der Waals surface area contributed by atoms with Gasteiger partial charge in [0.15, 0.2) is 0 Å². The summed E-state index contributed by atoms with van der Waals surface area (Å²) in [6, 6.07) is 6.97. The lowest BCUT2D eigenvalue weighted by Gasteiger charge is -2.19. The predicted octanol–water partition coefficient (Wildman–Crippen LogP) is 2.50. The molecule has 1 atom stereocenters. The summed E-state index contributed by atoms with van der Waals surface area (Å²) < 4.78 is 15.7. The van der Waals surface area contributed by atoms with E-state index in [1.165, 1.54) is 13.8 Å². The Balaban J connectivity index is 0.00000484. The van der Waals surface area contributed by atoms with Crippen LogP contribution in [0.5, 0.6) is 11.5 Å². The van der Waals surface area contributed by atoms with Crippen LogP contribution in [0.3, 0.4) is 0 Å². The van der Waals surface area contributed by atoms with E-state index in [1.807, 2.05) is 13.8 Å². The van der Waals surface area contributed by atoms with Gasteiger partial charge in [-0.05, 0) is 24.3 Å². The van der Waals surface area contributed by atoms with Crippen molar-refractivity contribution < 1.29 is 23.8 Å². The lowest BCUT2D eigenvalue weighted by Crippen LogP contribution is -2.38. The van der Waals surface area contributed by atoms with E-state index in [0.29, 0.717) is 24.1 Å². The van der Waals surface area contributed by atoms with Gasteiger partial charge in [0.25, 0.3) is 0 Å². The van der Waals surface area contributed by atoms with Crippen molar-refractivity contribution >= 4 is 28.9 Å². The first-order chi connectivity index (χ1) is 10.4. The van der Waals surface area contributed by atoms with Crippen molar-refractivity contribution in [1.29, 1.82) is 0 Å². The summed E-state index contributed by atoms with van der Waals surface area (Å²) in [6.07, 6.45) is -0.368. The highest BCUT2D eigenvalue weighted by atomic mass is 79.9. The Hall–Kier alpha value is -1.60. The van der Waals surface area contributed by atoms with Gasteiger partial charge in [-0.3, -0.25) is 9.59 Å². The zero-order valence-corrected chi connectivity index (χ0v) is 15.5. The molecule has 23 heavy (non-hydrogen) atoms. The summed E-state index contributed by atoms with van der Waals surface area (Å²) in [5.41, 5.74) is 0. The molecule has 6 nitrogen and oxygen atoms in total. The van der Waals surface area contributed by atoms with Crippen LogP contribution in [-0.4, -0.2) is 37.2 Å². The lowest BCUT2D eigenvalue weighted by molar-refractivity contribution is -0.147. The molecule has 1 unspecified atom stereocenters. The maximum absolute atomic E-state index is 11.1. The van der Waals surface area contributed by atoms with Crippen LogP contribution in [0.25, 0.3) is 0 Å². The number of carbonyl (C=O) groups excluding carboxylic acids is 2. The molecule has 0 aromatic heterocycles. The van der Waals surface area contributed by atoms with Crippen LogP contribution in [0.15, 0.2) is 24.3 Å². The van der Waals surface area contributed by atoms with E-state index in [0.717, 1.165) is 0 Å². The zero-order valence-electron chi connectivity index (χ0n) is 13.8. The van der Waals surface area contributed by atoms with E-state index in [4.69, 9.17) is 14.2 Å². The summed E-state index contributed by atoms with van der Waals surface area (Å²) in [5.74, 6) is 0.350. The van der Waals surface area contributed by atoms with Gasteiger partial charge in [-0.25, -0.2) is 0 Å². The monoisotopic (exact) mass is 389 g/mol. The van der Waals surface area contributed by atoms with Crippen LogP contribution in [0, 0.1) is 0 Å². The number of hydrogen-bond acceptors (Lipinski definition) is 6. The van der Waals surface area contributed by atoms with Crippen LogP contribution < -0.4 is 14.8 Å². The number of benzene rings is 1. The maximum atomic E-state index is 11.1. The highest BCUT2D eigenvalue weighted by Crippen LogP contribution is 2.18. The van der Waals surface area contributed by atoms with Crippen molar-refractivity contribution in [3.05, 3.63) is 24.3 Å². The molecule has 7 heteroatoms. The first-order valence-corrected chi connectivity index (χ1v) is 7.18. The van der Waals surface area contributed by atoms with E-state index in [2.05, 4.69) is 5.32 Å². The number of carbonyl (C=O) groups is 2. The molecule has 0 radical (unpaired) electrons. The second kappa shape index (κ2) is 11.0. The average molecular weight is 390 g/mol. The molecule has 1 N–H and O–H groups in total. The quantitative estimate of drug-likeness (QED) is 0.543. The van der Waals surface area contributed by atoms with Crippen molar-refractivity contribution in [1.82, 2.24) is 5.32 Å². The smallest absolute Gasteiger partial charge is 0.308 e. The summed E-state index contributed by atoms with van der Waals surface area (Å²) in [6.45, 7) is 7.50. The minimum atomic E-state index is -0.372. The molecule has 0 saturated heterocycles. The molecule has 0 fully saturated rings. The molecule has 0 aliphatic rings. The van der Waals surface area contributed by atoms with Gasteiger partial charge in [-0.15, -0.1) is 17.0 Å². The molecule has 0 spiro atoms. The van der Waals surface area contributed by atoms with Crippen molar-refractivity contribution in [3.8, 4) is 11.5 Å². The molecule has 0 aliphatic heterocycles. The van der Waals surface area contributed by atoms with Crippen LogP contribution in [0.4, 0.5) is 0 Å². The van der Waals surface area contributed by atoms with Crippen LogP contribution in [0.1, 0.15) is 27.7 Å². The van der Waals surface area contributed by atoms with Crippen molar-refractivity contribution in [2.45, 2.75) is 39.8 Å². The van der Waals surface area contributed by atoms with Crippen molar-refractivity contribution in [3.63, 3.8) is 0 Å². The minimum Gasteiger partial charge on any atom is -0.490 e. The van der Waals surface area contributed by atoms with Crippen molar-refractivity contribution in [2.75, 3.05) is 13.2 Å². The first-order valence-electron chi connectivity index (χ1n) is 7.18. The van der Waals surface area contributed by atoms with Gasteiger partial charge >= 0.3 is 11.9 Å². The van der Waals surface area contributed by atoms with Gasteiger partial charge in [0.1, 0.15) is 24.2 Å². The molecule has 0 aliphatic carbocycles. The number of nitrogens with one attached hydrogen (secondary N) is 1. The van der Waals surface area contributed by atoms with Gasteiger partial charge in [-0.1, -0.05) is 13.8 Å². The normalized spacial score (nSPS) is 11.3. The summed E-state index contributed by atoms with van der Waals surface area (Å²) >= 11 is 0. The summed E-state index contributed by atoms with van der Waals surface area (Å²) in [5, 5.41) is 3.20. The topological polar surface area (TPSA) is 73.9 Å². The highest BCUT2D eigenvalue weighted by Gasteiger charge is 2.13. The number of hydrogen-bond donors (Lipinski definition) is 1. The Bertz CT molecular complexity index is 490. The van der Waals surface area contributed by atoms with E-state index in [-0.39, 0.29) is 41.6 Å². The minimum absolute atomic E-state index is 0. The summed E-state index contributed by atoms with van der Waals surface area (Å²) in [7, 11) is 0. The molecule has 130 valence electrons. The fraction of sp³-hybridized carbons (Fsp3) is 0.500. The lowest BCUT2D eigenvalue weighted by atomic mass is 10.3. The average Bonchev–Trinajstić information content (AvgIpc) is 2.42. The molecule has 1 rings (SSSR count). The number of rotatable bonds is 8. The molecule has 0 amide bonds. The van der Waals surface area contributed by atoms with Crippen LogP contribution in [0.2, 0.25) is 0 Å². The molecule has 1 aromatic carbocycles. The Morgan fingerprint density at radius 1 is 1.04 bits per heavy atom. The Labute approximate surface area is 147 Å². The summed E-state index contributed by atoms with van der Waals surface area (Å²) in [4.78, 5) is 21.9. The molecule has 0 bridgehead atoms. The Morgan fingerprint density at radius 3 is 2.09 bits per heavy atom. The molecule has 0 heterocycles. The Kier molecular flexibility index (Phi) is 10.2. The van der Waals surface area contributed by atoms with Crippen LogP contribution >= 0.6 is 17.0 Å². The predicted molar refractivity (Wildman–Crippen MR) is 92.3 cm³/mol. The van der Waals surface area contributed by atoms with Gasteiger partial charge in [0, 0.05) is 26.4 Å². The first kappa shape index (κ1) is 21.4. The molecular weight excluding hydrogens is 366 g/mol. The van der Waals surface area contributed by atoms with E-state index >= 15 is 0 Å². The fourth-order valence-electron chi connectivity index (χ4n) is 1.70. The second-order valence-electron chi connectivity index (χ2n) is 5.17. The third kappa shape index (κ3) is 9.91. The van der Waals surface area contributed by atoms with E-state index in [1.54, 1.807) is 24.3 Å². The number of halogens is 1. The SMILES string of the molecule is Br.CC(=O)Oc1ccc(OCC(CNC(C)C)OC(C)=O)cc1. The van der Waals surface area contributed by atoms with E-state index < -0.39 is 0 Å². The van der Waals surface area contributed by atoms with Gasteiger partial charge in [0.05, 0.1) is 0 Å². The third-order valence-corrected chi connectivity index (χ3v) is 2.61. The fourth-order valence-corrected chi connectivity index (χ4v) is 1.70. The van der Waals surface area contributed by atoms with Gasteiger partial charge in [-0.2, -0.15) is 0 Å². The number of esters is 2. The van der Waals surface area contributed by atoms with E-state index in [9.17, 15) is 9.59 Å². The molecule has 0 saturated carbocycles. The largest absolute Gasteiger partial charge is 0.490 e. The van der Waals surface area contributed by atoms with Gasteiger partial charge in [0.2, 0.25) is 0 Å². The zero-order chi connectivity index (χ0) is 16.5. The second-order valence-corrected chi connectivity index (χ2v) is 5.17. The molecule has 1 aromatic rings. The standard InChI is InChI=1S/C16H23NO5.BrH/c1-11(2)17-9-16(22-13(4)19)10-20-14-5-7-15(8-6-14)21-12(3)18;/h5-8,11,16-17H,9-10H2,1-4H3;1H. The third-order valence-electron chi connectivity index (χ3n) is 2.61. The van der Waals surface area contributed by atoms with Crippen LogP contribution in [-0.2, 0) is 14.3 Å². The van der Waals surface area contributed by atoms with Gasteiger partial charge < -0.3 is 19.5 Å². The number of ether oxygens (including phenoxy) is 3. The van der Waals surface area contributed by atoms with Crippen molar-refractivity contribution in [2.24, 2.45) is 0 Å².